The maximum Gasteiger partial charge on any atom is 0.0483 e. The van der Waals surface area contributed by atoms with Crippen LogP contribution in [0.1, 0.15) is 145 Å². The summed E-state index contributed by atoms with van der Waals surface area (Å²) >= 11 is 0. The number of hydrogen-bond donors (Lipinski definition) is 0. The Balaban J connectivity index is 2.59. The molecule has 29 heavy (non-hydrogen) atoms. The molecule has 2 fully saturated rings. The van der Waals surface area contributed by atoms with Gasteiger partial charge in [-0.15, -0.1) is 0 Å². The SMILES string of the molecule is CCC1(CC)CCCC(CC)(CC)N1ON1C(CC)(CC)CCCC1(CC)CC. The minimum absolute atomic E-state index is 0.169. The van der Waals surface area contributed by atoms with Crippen LogP contribution in [0, 0.1) is 0 Å². The lowest BCUT2D eigenvalue weighted by Crippen LogP contribution is -2.70. The molecule has 0 bridgehead atoms. The molecule has 0 aromatic rings. The Labute approximate surface area is 182 Å². The molecule has 0 atom stereocenters. The zero-order chi connectivity index (χ0) is 21.8. The molecule has 0 N–H and O–H groups in total. The van der Waals surface area contributed by atoms with Gasteiger partial charge in [-0.25, -0.2) is 4.94 Å². The van der Waals surface area contributed by atoms with E-state index in [1.54, 1.807) is 0 Å². The Morgan fingerprint density at radius 1 is 0.448 bits per heavy atom. The third-order valence-corrected chi connectivity index (χ3v) is 9.72. The largest absolute Gasteiger partial charge is 0.206 e. The van der Waals surface area contributed by atoms with Gasteiger partial charge in [0.2, 0.25) is 0 Å². The predicted molar refractivity (Wildman–Crippen MR) is 126 cm³/mol. The topological polar surface area (TPSA) is 15.7 Å². The fourth-order valence-corrected chi connectivity index (χ4v) is 6.90. The Hall–Kier alpha value is -0.120. The van der Waals surface area contributed by atoms with Crippen molar-refractivity contribution in [2.75, 3.05) is 0 Å². The minimum atomic E-state index is 0.169. The molecule has 0 saturated carbocycles. The van der Waals surface area contributed by atoms with Gasteiger partial charge in [0.25, 0.3) is 0 Å². The van der Waals surface area contributed by atoms with Crippen molar-refractivity contribution in [3.63, 3.8) is 0 Å². The van der Waals surface area contributed by atoms with Gasteiger partial charge < -0.3 is 0 Å². The second-order valence-corrected chi connectivity index (χ2v) is 10.1. The van der Waals surface area contributed by atoms with E-state index in [0.29, 0.717) is 0 Å². The second-order valence-electron chi connectivity index (χ2n) is 10.1. The summed E-state index contributed by atoms with van der Waals surface area (Å²) in [6.07, 6.45) is 17.2. The van der Waals surface area contributed by atoms with Gasteiger partial charge in [-0.3, -0.25) is 0 Å². The third-order valence-electron chi connectivity index (χ3n) is 9.72. The predicted octanol–water partition coefficient (Wildman–Crippen LogP) is 8.04. The molecule has 0 spiro atoms. The van der Waals surface area contributed by atoms with Crippen LogP contribution in [0.4, 0.5) is 0 Å². The molecule has 0 unspecified atom stereocenters. The van der Waals surface area contributed by atoms with Crippen LogP contribution < -0.4 is 0 Å². The van der Waals surface area contributed by atoms with Crippen LogP contribution in [-0.4, -0.2) is 32.3 Å². The van der Waals surface area contributed by atoms with Crippen LogP contribution in [-0.2, 0) is 4.94 Å². The van der Waals surface area contributed by atoms with Crippen LogP contribution in [0.2, 0.25) is 0 Å². The van der Waals surface area contributed by atoms with Crippen molar-refractivity contribution in [3.8, 4) is 0 Å². The third kappa shape index (κ3) is 4.05. The Morgan fingerprint density at radius 2 is 0.655 bits per heavy atom. The smallest absolute Gasteiger partial charge is 0.0483 e. The summed E-state index contributed by atoms with van der Waals surface area (Å²) in [7, 11) is 0. The minimum Gasteiger partial charge on any atom is -0.206 e. The van der Waals surface area contributed by atoms with Gasteiger partial charge in [0, 0.05) is 22.2 Å². The van der Waals surface area contributed by atoms with E-state index in [4.69, 9.17) is 4.94 Å². The second kappa shape index (κ2) is 10.0. The average molecular weight is 409 g/mol. The fourth-order valence-electron chi connectivity index (χ4n) is 6.90. The van der Waals surface area contributed by atoms with E-state index in [1.165, 1.54) is 89.9 Å². The maximum atomic E-state index is 7.39. The van der Waals surface area contributed by atoms with Crippen LogP contribution in [0.5, 0.6) is 0 Å². The zero-order valence-corrected chi connectivity index (χ0v) is 21.2. The molecule has 3 nitrogen and oxygen atoms in total. The first-order chi connectivity index (χ1) is 13.9. The van der Waals surface area contributed by atoms with Gasteiger partial charge in [-0.2, -0.15) is 10.1 Å². The summed E-state index contributed by atoms with van der Waals surface area (Å²) in [4.78, 5) is 7.39. The van der Waals surface area contributed by atoms with E-state index >= 15 is 0 Å². The Bertz CT molecular complexity index is 403. The standard InChI is InChI=1S/C26H52N2O/c1-9-23(10-2)19-17-20-24(11-3,12-4)27(23)29-28-25(13-5,14-6)21-18-22-26(28,15-7)16-8/h9-22H2,1-8H3. The van der Waals surface area contributed by atoms with Crippen molar-refractivity contribution in [3.05, 3.63) is 0 Å². The lowest BCUT2D eigenvalue weighted by Gasteiger charge is -2.63. The van der Waals surface area contributed by atoms with Crippen molar-refractivity contribution in [2.45, 2.75) is 167 Å². The van der Waals surface area contributed by atoms with Gasteiger partial charge in [0.1, 0.15) is 0 Å². The lowest BCUT2D eigenvalue weighted by atomic mass is 9.72. The first-order valence-corrected chi connectivity index (χ1v) is 13.2. The Kier molecular flexibility index (Phi) is 8.67. The van der Waals surface area contributed by atoms with Crippen LogP contribution >= 0.6 is 0 Å². The summed E-state index contributed by atoms with van der Waals surface area (Å²) in [5, 5.41) is 5.18. The molecule has 2 saturated heterocycles. The molecule has 0 aliphatic carbocycles. The summed E-state index contributed by atoms with van der Waals surface area (Å²) < 4.78 is 0. The van der Waals surface area contributed by atoms with Gasteiger partial charge in [-0.1, -0.05) is 55.4 Å². The normalized spacial score (nSPS) is 26.5. The van der Waals surface area contributed by atoms with Crippen molar-refractivity contribution < 1.29 is 4.94 Å². The molecule has 2 aliphatic heterocycles. The van der Waals surface area contributed by atoms with E-state index in [-0.39, 0.29) is 22.2 Å². The van der Waals surface area contributed by atoms with Gasteiger partial charge in [0.15, 0.2) is 0 Å². The number of piperidine rings is 2. The van der Waals surface area contributed by atoms with Crippen molar-refractivity contribution in [2.24, 2.45) is 0 Å². The highest BCUT2D eigenvalue weighted by Gasteiger charge is 2.56. The van der Waals surface area contributed by atoms with E-state index in [0.717, 1.165) is 0 Å². The molecule has 2 heterocycles. The first-order valence-electron chi connectivity index (χ1n) is 13.2. The average Bonchev–Trinajstić information content (AvgIpc) is 2.79. The van der Waals surface area contributed by atoms with E-state index in [2.05, 4.69) is 65.5 Å². The molecule has 0 radical (unpaired) electrons. The van der Waals surface area contributed by atoms with Crippen LogP contribution in [0.15, 0.2) is 0 Å². The molecule has 0 aromatic heterocycles. The van der Waals surface area contributed by atoms with Crippen molar-refractivity contribution in [1.29, 1.82) is 0 Å². The number of rotatable bonds is 10. The summed E-state index contributed by atoms with van der Waals surface area (Å²) in [6, 6.07) is 0. The molecule has 172 valence electrons. The summed E-state index contributed by atoms with van der Waals surface area (Å²) in [6.45, 7) is 19.1. The lowest BCUT2D eigenvalue weighted by molar-refractivity contribution is -0.458. The summed E-state index contributed by atoms with van der Waals surface area (Å²) in [5.74, 6) is 0. The van der Waals surface area contributed by atoms with Gasteiger partial charge in [0.05, 0.1) is 0 Å². The van der Waals surface area contributed by atoms with Crippen LogP contribution in [0.3, 0.4) is 0 Å². The summed E-state index contributed by atoms with van der Waals surface area (Å²) in [5.41, 5.74) is 0.675. The number of nitrogens with zero attached hydrogens (tertiary/aromatic N) is 2. The first kappa shape index (κ1) is 25.1. The molecule has 0 amide bonds. The highest BCUT2D eigenvalue weighted by atomic mass is 16.8. The fraction of sp³-hybridized carbons (Fsp3) is 1.00. The van der Waals surface area contributed by atoms with E-state index in [1.807, 2.05) is 0 Å². The number of hydroxylamine groups is 4. The van der Waals surface area contributed by atoms with Gasteiger partial charge >= 0.3 is 0 Å². The molecule has 3 heteroatoms. The maximum absolute atomic E-state index is 7.39. The zero-order valence-electron chi connectivity index (χ0n) is 21.2. The van der Waals surface area contributed by atoms with Crippen molar-refractivity contribution >= 4 is 0 Å². The molecular formula is C26H52N2O. The van der Waals surface area contributed by atoms with Crippen LogP contribution in [0.25, 0.3) is 0 Å². The van der Waals surface area contributed by atoms with Gasteiger partial charge in [-0.05, 0) is 89.9 Å². The molecule has 2 rings (SSSR count). The molecular weight excluding hydrogens is 356 g/mol. The molecule has 2 aliphatic rings. The highest BCUT2D eigenvalue weighted by Crippen LogP contribution is 2.51. The highest BCUT2D eigenvalue weighted by molar-refractivity contribution is 5.03. The molecule has 0 aromatic carbocycles. The quantitative estimate of drug-likeness (QED) is 0.364. The number of hydrogen-bond acceptors (Lipinski definition) is 3. The van der Waals surface area contributed by atoms with E-state index in [9.17, 15) is 0 Å². The van der Waals surface area contributed by atoms with E-state index < -0.39 is 0 Å². The van der Waals surface area contributed by atoms with Crippen molar-refractivity contribution in [1.82, 2.24) is 10.1 Å². The Morgan fingerprint density at radius 3 is 0.828 bits per heavy atom. The monoisotopic (exact) mass is 408 g/mol.